The Morgan fingerprint density at radius 3 is 2.38 bits per heavy atom. The molecule has 1 aromatic heterocycles. The Kier molecular flexibility index (Phi) is 3.55. The lowest BCUT2D eigenvalue weighted by molar-refractivity contribution is 0.601. The molecule has 1 saturated carbocycles. The lowest BCUT2D eigenvalue weighted by Crippen LogP contribution is -2.13. The SMILES string of the molecule is Cc1ccc(S(=O)(=O)Nc2ccc(NC3CC3)nc2)cc1. The summed E-state index contributed by atoms with van der Waals surface area (Å²) in [7, 11) is -3.56. The van der Waals surface area contributed by atoms with E-state index >= 15 is 0 Å². The third-order valence-electron chi connectivity index (χ3n) is 3.28. The number of aryl methyl sites for hydroxylation is 1. The normalized spacial score (nSPS) is 14.7. The molecule has 3 rings (SSSR count). The first kappa shape index (κ1) is 13.9. The van der Waals surface area contributed by atoms with Crippen molar-refractivity contribution in [3.05, 3.63) is 48.2 Å². The number of rotatable bonds is 5. The van der Waals surface area contributed by atoms with Crippen LogP contribution in [0.3, 0.4) is 0 Å². The molecule has 1 fully saturated rings. The smallest absolute Gasteiger partial charge is 0.261 e. The van der Waals surface area contributed by atoms with Crippen LogP contribution in [0, 0.1) is 6.92 Å². The highest BCUT2D eigenvalue weighted by atomic mass is 32.2. The van der Waals surface area contributed by atoms with E-state index in [2.05, 4.69) is 15.0 Å². The average Bonchev–Trinajstić information content (AvgIpc) is 3.25. The molecule has 2 N–H and O–H groups in total. The number of nitrogens with zero attached hydrogens (tertiary/aromatic N) is 1. The molecule has 21 heavy (non-hydrogen) atoms. The van der Waals surface area contributed by atoms with Crippen LogP contribution in [-0.4, -0.2) is 19.4 Å². The lowest BCUT2D eigenvalue weighted by Gasteiger charge is -2.09. The monoisotopic (exact) mass is 303 g/mol. The molecule has 1 aliphatic carbocycles. The van der Waals surface area contributed by atoms with Gasteiger partial charge in [0.25, 0.3) is 10.0 Å². The van der Waals surface area contributed by atoms with Gasteiger partial charge in [-0.15, -0.1) is 0 Å². The fourth-order valence-electron chi connectivity index (χ4n) is 1.91. The summed E-state index contributed by atoms with van der Waals surface area (Å²) in [6.07, 6.45) is 3.86. The van der Waals surface area contributed by atoms with Gasteiger partial charge in [-0.05, 0) is 44.0 Å². The second-order valence-corrected chi connectivity index (χ2v) is 6.95. The number of anilines is 2. The largest absolute Gasteiger partial charge is 0.367 e. The second kappa shape index (κ2) is 5.37. The Bertz CT molecular complexity index is 721. The molecule has 6 heteroatoms. The molecule has 0 atom stereocenters. The highest BCUT2D eigenvalue weighted by Crippen LogP contribution is 2.24. The molecular weight excluding hydrogens is 286 g/mol. The number of aromatic nitrogens is 1. The van der Waals surface area contributed by atoms with Crippen molar-refractivity contribution in [1.82, 2.24) is 4.98 Å². The molecular formula is C15H17N3O2S. The maximum absolute atomic E-state index is 12.2. The number of pyridine rings is 1. The summed E-state index contributed by atoms with van der Waals surface area (Å²) in [4.78, 5) is 4.46. The van der Waals surface area contributed by atoms with Gasteiger partial charge in [0.2, 0.25) is 0 Å². The van der Waals surface area contributed by atoms with Crippen molar-refractivity contribution in [1.29, 1.82) is 0 Å². The molecule has 0 radical (unpaired) electrons. The van der Waals surface area contributed by atoms with Crippen LogP contribution in [0.4, 0.5) is 11.5 Å². The van der Waals surface area contributed by atoms with Crippen LogP contribution in [0.2, 0.25) is 0 Å². The molecule has 0 unspecified atom stereocenters. The highest BCUT2D eigenvalue weighted by Gasteiger charge is 2.21. The van der Waals surface area contributed by atoms with E-state index in [-0.39, 0.29) is 4.90 Å². The van der Waals surface area contributed by atoms with Crippen LogP contribution in [0.5, 0.6) is 0 Å². The van der Waals surface area contributed by atoms with Gasteiger partial charge < -0.3 is 5.32 Å². The molecule has 0 spiro atoms. The van der Waals surface area contributed by atoms with Crippen molar-refractivity contribution < 1.29 is 8.42 Å². The maximum Gasteiger partial charge on any atom is 0.261 e. The number of nitrogens with one attached hydrogen (secondary N) is 2. The van der Waals surface area contributed by atoms with Gasteiger partial charge in [-0.1, -0.05) is 17.7 Å². The Balaban J connectivity index is 1.73. The number of benzene rings is 1. The summed E-state index contributed by atoms with van der Waals surface area (Å²) in [6, 6.07) is 10.7. The van der Waals surface area contributed by atoms with Crippen molar-refractivity contribution in [3.8, 4) is 0 Å². The molecule has 1 aliphatic rings. The minimum Gasteiger partial charge on any atom is -0.367 e. The predicted molar refractivity (Wildman–Crippen MR) is 82.9 cm³/mol. The van der Waals surface area contributed by atoms with Crippen molar-refractivity contribution in [2.45, 2.75) is 30.7 Å². The Morgan fingerprint density at radius 2 is 1.81 bits per heavy atom. The van der Waals surface area contributed by atoms with Gasteiger partial charge in [0, 0.05) is 6.04 Å². The zero-order valence-corrected chi connectivity index (χ0v) is 12.5. The first-order chi connectivity index (χ1) is 10.0. The number of hydrogen-bond donors (Lipinski definition) is 2. The van der Waals surface area contributed by atoms with Gasteiger partial charge in [-0.25, -0.2) is 13.4 Å². The number of hydrogen-bond acceptors (Lipinski definition) is 4. The Labute approximate surface area is 124 Å². The van der Waals surface area contributed by atoms with E-state index in [9.17, 15) is 8.42 Å². The van der Waals surface area contributed by atoms with E-state index in [1.165, 1.54) is 19.0 Å². The van der Waals surface area contributed by atoms with Gasteiger partial charge in [-0.2, -0.15) is 0 Å². The molecule has 0 bridgehead atoms. The zero-order valence-electron chi connectivity index (χ0n) is 11.7. The van der Waals surface area contributed by atoms with Crippen molar-refractivity contribution in [2.24, 2.45) is 0 Å². The molecule has 1 aromatic carbocycles. The Morgan fingerprint density at radius 1 is 1.10 bits per heavy atom. The summed E-state index contributed by atoms with van der Waals surface area (Å²) < 4.78 is 27.0. The van der Waals surface area contributed by atoms with Gasteiger partial charge in [0.15, 0.2) is 0 Å². The minimum absolute atomic E-state index is 0.244. The van der Waals surface area contributed by atoms with Crippen LogP contribution >= 0.6 is 0 Å². The predicted octanol–water partition coefficient (Wildman–Crippen LogP) is 2.77. The molecule has 0 saturated heterocycles. The molecule has 110 valence electrons. The standard InChI is InChI=1S/C15H17N3O2S/c1-11-2-7-14(8-3-11)21(19,20)18-13-6-9-15(16-10-13)17-12-4-5-12/h2-3,6-10,12,18H,4-5H2,1H3,(H,16,17). The highest BCUT2D eigenvalue weighted by molar-refractivity contribution is 7.92. The zero-order chi connectivity index (χ0) is 14.9. The quantitative estimate of drug-likeness (QED) is 0.891. The van der Waals surface area contributed by atoms with Gasteiger partial charge >= 0.3 is 0 Å². The summed E-state index contributed by atoms with van der Waals surface area (Å²) in [5.74, 6) is 0.774. The summed E-state index contributed by atoms with van der Waals surface area (Å²) >= 11 is 0. The summed E-state index contributed by atoms with van der Waals surface area (Å²) in [5, 5.41) is 3.26. The summed E-state index contributed by atoms with van der Waals surface area (Å²) in [5.41, 5.74) is 1.48. The van der Waals surface area contributed by atoms with Crippen LogP contribution in [0.1, 0.15) is 18.4 Å². The van der Waals surface area contributed by atoms with E-state index in [0.717, 1.165) is 11.4 Å². The third-order valence-corrected chi connectivity index (χ3v) is 4.67. The fourth-order valence-corrected chi connectivity index (χ4v) is 2.95. The molecule has 2 aromatic rings. The topological polar surface area (TPSA) is 71.1 Å². The molecule has 0 aliphatic heterocycles. The van der Waals surface area contributed by atoms with Gasteiger partial charge in [-0.3, -0.25) is 4.72 Å². The first-order valence-electron chi connectivity index (χ1n) is 6.85. The third kappa shape index (κ3) is 3.52. The van der Waals surface area contributed by atoms with E-state index in [0.29, 0.717) is 11.7 Å². The average molecular weight is 303 g/mol. The van der Waals surface area contributed by atoms with Crippen LogP contribution in [-0.2, 0) is 10.0 Å². The van der Waals surface area contributed by atoms with Crippen molar-refractivity contribution >= 4 is 21.5 Å². The number of sulfonamides is 1. The lowest BCUT2D eigenvalue weighted by atomic mass is 10.2. The van der Waals surface area contributed by atoms with Crippen molar-refractivity contribution in [3.63, 3.8) is 0 Å². The van der Waals surface area contributed by atoms with Crippen LogP contribution in [0.25, 0.3) is 0 Å². The van der Waals surface area contributed by atoms with Gasteiger partial charge in [0.1, 0.15) is 5.82 Å². The van der Waals surface area contributed by atoms with E-state index in [1.54, 1.807) is 36.4 Å². The molecule has 0 amide bonds. The van der Waals surface area contributed by atoms with Crippen LogP contribution in [0.15, 0.2) is 47.5 Å². The maximum atomic E-state index is 12.2. The van der Waals surface area contributed by atoms with E-state index in [1.807, 2.05) is 6.92 Å². The second-order valence-electron chi connectivity index (χ2n) is 5.27. The first-order valence-corrected chi connectivity index (χ1v) is 8.33. The Hall–Kier alpha value is -2.08. The van der Waals surface area contributed by atoms with Crippen molar-refractivity contribution in [2.75, 3.05) is 10.0 Å². The fraction of sp³-hybridized carbons (Fsp3) is 0.267. The minimum atomic E-state index is -3.56. The van der Waals surface area contributed by atoms with Gasteiger partial charge in [0.05, 0.1) is 16.8 Å². The van der Waals surface area contributed by atoms with Crippen LogP contribution < -0.4 is 10.0 Å². The molecule has 1 heterocycles. The van der Waals surface area contributed by atoms with E-state index in [4.69, 9.17) is 0 Å². The molecule has 5 nitrogen and oxygen atoms in total. The van der Waals surface area contributed by atoms with E-state index < -0.39 is 10.0 Å². The summed E-state index contributed by atoms with van der Waals surface area (Å²) in [6.45, 7) is 1.92.